The fourth-order valence-corrected chi connectivity index (χ4v) is 2.51. The van der Waals surface area contributed by atoms with E-state index in [0.29, 0.717) is 22.5 Å². The Morgan fingerprint density at radius 2 is 2.00 bits per heavy atom. The first-order chi connectivity index (χ1) is 9.97. The Morgan fingerprint density at radius 3 is 2.71 bits per heavy atom. The average molecular weight is 326 g/mol. The molecular formula is C16H21Cl2N3. The molecule has 2 rings (SSSR count). The van der Waals surface area contributed by atoms with Crippen molar-refractivity contribution in [1.82, 2.24) is 15.1 Å². The van der Waals surface area contributed by atoms with Crippen LogP contribution >= 0.6 is 23.2 Å². The molecule has 0 amide bonds. The zero-order chi connectivity index (χ0) is 15.4. The van der Waals surface area contributed by atoms with Crippen LogP contribution in [0.4, 0.5) is 0 Å². The monoisotopic (exact) mass is 325 g/mol. The van der Waals surface area contributed by atoms with Crippen molar-refractivity contribution in [3.63, 3.8) is 0 Å². The highest BCUT2D eigenvalue weighted by Crippen LogP contribution is 2.22. The zero-order valence-corrected chi connectivity index (χ0v) is 14.2. The molecule has 0 fully saturated rings. The fourth-order valence-electron chi connectivity index (χ4n) is 2.14. The third-order valence-electron chi connectivity index (χ3n) is 3.40. The van der Waals surface area contributed by atoms with Crippen molar-refractivity contribution in [2.24, 2.45) is 5.92 Å². The van der Waals surface area contributed by atoms with Gasteiger partial charge in [-0.1, -0.05) is 37.0 Å². The molecule has 0 radical (unpaired) electrons. The van der Waals surface area contributed by atoms with Crippen molar-refractivity contribution in [1.29, 1.82) is 0 Å². The SMILES string of the molecule is Cc1c(CNCC(C)C)cnn1Cc1cc(Cl)ccc1Cl. The first-order valence-electron chi connectivity index (χ1n) is 7.13. The van der Waals surface area contributed by atoms with Crippen molar-refractivity contribution in [2.45, 2.75) is 33.9 Å². The maximum Gasteiger partial charge on any atom is 0.0677 e. The number of aromatic nitrogens is 2. The standard InChI is InChI=1S/C16H21Cl2N3/c1-11(2)7-19-8-14-9-20-21(12(14)3)10-13-6-15(17)4-5-16(13)18/h4-6,9,11,19H,7-8,10H2,1-3H3. The first-order valence-corrected chi connectivity index (χ1v) is 7.89. The summed E-state index contributed by atoms with van der Waals surface area (Å²) in [6.07, 6.45) is 1.92. The van der Waals surface area contributed by atoms with Crippen LogP contribution in [0.25, 0.3) is 0 Å². The fraction of sp³-hybridized carbons (Fsp3) is 0.438. The average Bonchev–Trinajstić information content (AvgIpc) is 2.75. The molecule has 0 bridgehead atoms. The summed E-state index contributed by atoms with van der Waals surface area (Å²) in [4.78, 5) is 0. The minimum Gasteiger partial charge on any atom is -0.312 e. The maximum absolute atomic E-state index is 6.21. The number of nitrogens with zero attached hydrogens (tertiary/aromatic N) is 2. The van der Waals surface area contributed by atoms with Gasteiger partial charge < -0.3 is 5.32 Å². The molecule has 0 unspecified atom stereocenters. The Balaban J connectivity index is 2.08. The molecule has 3 nitrogen and oxygen atoms in total. The van der Waals surface area contributed by atoms with Crippen LogP contribution in [0.2, 0.25) is 10.0 Å². The number of nitrogens with one attached hydrogen (secondary N) is 1. The molecule has 0 atom stereocenters. The van der Waals surface area contributed by atoms with Gasteiger partial charge in [-0.25, -0.2) is 0 Å². The second-order valence-electron chi connectivity index (χ2n) is 5.67. The number of hydrogen-bond donors (Lipinski definition) is 1. The lowest BCUT2D eigenvalue weighted by molar-refractivity contribution is 0.551. The van der Waals surface area contributed by atoms with Crippen molar-refractivity contribution < 1.29 is 0 Å². The Morgan fingerprint density at radius 1 is 1.24 bits per heavy atom. The number of hydrogen-bond acceptors (Lipinski definition) is 2. The molecule has 114 valence electrons. The van der Waals surface area contributed by atoms with Crippen LogP contribution in [-0.4, -0.2) is 16.3 Å². The lowest BCUT2D eigenvalue weighted by atomic mass is 10.2. The second-order valence-corrected chi connectivity index (χ2v) is 6.52. The highest BCUT2D eigenvalue weighted by Gasteiger charge is 2.09. The van der Waals surface area contributed by atoms with Crippen LogP contribution < -0.4 is 5.32 Å². The van der Waals surface area contributed by atoms with E-state index in [4.69, 9.17) is 23.2 Å². The highest BCUT2D eigenvalue weighted by atomic mass is 35.5. The summed E-state index contributed by atoms with van der Waals surface area (Å²) < 4.78 is 1.96. The quantitative estimate of drug-likeness (QED) is 0.858. The van der Waals surface area contributed by atoms with Gasteiger partial charge in [0.05, 0.1) is 12.7 Å². The van der Waals surface area contributed by atoms with Gasteiger partial charge in [0.25, 0.3) is 0 Å². The third kappa shape index (κ3) is 4.47. The van der Waals surface area contributed by atoms with Crippen LogP contribution in [0, 0.1) is 12.8 Å². The van der Waals surface area contributed by atoms with Gasteiger partial charge in [0, 0.05) is 27.8 Å². The number of rotatable bonds is 6. The summed E-state index contributed by atoms with van der Waals surface area (Å²) in [5, 5.41) is 9.30. The van der Waals surface area contributed by atoms with Crippen molar-refractivity contribution in [3.8, 4) is 0 Å². The summed E-state index contributed by atoms with van der Waals surface area (Å²) in [5.74, 6) is 0.644. The predicted octanol–water partition coefficient (Wildman–Crippen LogP) is 4.29. The molecule has 5 heteroatoms. The summed E-state index contributed by atoms with van der Waals surface area (Å²) in [7, 11) is 0. The highest BCUT2D eigenvalue weighted by molar-refractivity contribution is 6.33. The van der Waals surface area contributed by atoms with Gasteiger partial charge in [0.1, 0.15) is 0 Å². The molecule has 0 aliphatic rings. The number of benzene rings is 1. The van der Waals surface area contributed by atoms with Gasteiger partial charge in [0.2, 0.25) is 0 Å². The lowest BCUT2D eigenvalue weighted by Crippen LogP contribution is -2.19. The van der Waals surface area contributed by atoms with E-state index in [1.54, 1.807) is 6.07 Å². The molecular weight excluding hydrogens is 305 g/mol. The van der Waals surface area contributed by atoms with Gasteiger partial charge in [-0.2, -0.15) is 5.10 Å². The molecule has 21 heavy (non-hydrogen) atoms. The summed E-state index contributed by atoms with van der Waals surface area (Å²) in [6.45, 7) is 8.96. The first kappa shape index (κ1) is 16.3. The van der Waals surface area contributed by atoms with Gasteiger partial charge in [-0.15, -0.1) is 0 Å². The van der Waals surface area contributed by atoms with Crippen molar-refractivity contribution in [3.05, 3.63) is 51.3 Å². The predicted molar refractivity (Wildman–Crippen MR) is 89.1 cm³/mol. The van der Waals surface area contributed by atoms with E-state index in [9.17, 15) is 0 Å². The Hall–Kier alpha value is -1.03. The Bertz CT molecular complexity index is 606. The smallest absolute Gasteiger partial charge is 0.0677 e. The van der Waals surface area contributed by atoms with Crippen molar-refractivity contribution in [2.75, 3.05) is 6.54 Å². The van der Waals surface area contributed by atoms with Gasteiger partial charge >= 0.3 is 0 Å². The number of halogens is 2. The molecule has 2 aromatic rings. The molecule has 0 saturated heterocycles. The van der Waals surface area contributed by atoms with E-state index in [1.165, 1.54) is 5.56 Å². The Kier molecular flexibility index (Phi) is 5.68. The van der Waals surface area contributed by atoms with Crippen LogP contribution in [0.1, 0.15) is 30.7 Å². The molecule has 1 N–H and O–H groups in total. The van der Waals surface area contributed by atoms with Crippen LogP contribution in [0.3, 0.4) is 0 Å². The topological polar surface area (TPSA) is 29.9 Å². The minimum absolute atomic E-state index is 0.634. The second kappa shape index (κ2) is 7.30. The molecule has 1 aromatic carbocycles. The summed E-state index contributed by atoms with van der Waals surface area (Å²) >= 11 is 12.2. The van der Waals surface area contributed by atoms with E-state index in [0.717, 1.165) is 24.3 Å². The van der Waals surface area contributed by atoms with Gasteiger partial charge in [0.15, 0.2) is 0 Å². The zero-order valence-electron chi connectivity index (χ0n) is 12.7. The molecule has 0 saturated carbocycles. The summed E-state index contributed by atoms with van der Waals surface area (Å²) in [5.41, 5.74) is 3.35. The molecule has 1 aromatic heterocycles. The van der Waals surface area contributed by atoms with E-state index in [-0.39, 0.29) is 0 Å². The largest absolute Gasteiger partial charge is 0.312 e. The molecule has 0 aliphatic heterocycles. The van der Waals surface area contributed by atoms with Crippen LogP contribution in [0.15, 0.2) is 24.4 Å². The van der Waals surface area contributed by atoms with Gasteiger partial charge in [-0.3, -0.25) is 4.68 Å². The maximum atomic E-state index is 6.21. The van der Waals surface area contributed by atoms with E-state index >= 15 is 0 Å². The summed E-state index contributed by atoms with van der Waals surface area (Å²) in [6, 6.07) is 5.51. The van der Waals surface area contributed by atoms with E-state index < -0.39 is 0 Å². The van der Waals surface area contributed by atoms with Crippen molar-refractivity contribution >= 4 is 23.2 Å². The minimum atomic E-state index is 0.634. The van der Waals surface area contributed by atoms with Crippen LogP contribution in [0.5, 0.6) is 0 Å². The van der Waals surface area contributed by atoms with Gasteiger partial charge in [-0.05, 0) is 43.1 Å². The molecule has 1 heterocycles. The van der Waals surface area contributed by atoms with E-state index in [1.807, 2.05) is 23.0 Å². The lowest BCUT2D eigenvalue weighted by Gasteiger charge is -2.09. The Labute approximate surface area is 136 Å². The normalized spacial score (nSPS) is 11.3. The third-order valence-corrected chi connectivity index (χ3v) is 4.00. The van der Waals surface area contributed by atoms with Crippen LogP contribution in [-0.2, 0) is 13.1 Å². The molecule has 0 aliphatic carbocycles. The van der Waals surface area contributed by atoms with E-state index in [2.05, 4.69) is 31.2 Å². The molecule has 0 spiro atoms.